The number of rotatable bonds is 4. The molecule has 2 fully saturated rings. The quantitative estimate of drug-likeness (QED) is 0.908. The van der Waals surface area contributed by atoms with Crippen molar-refractivity contribution in [1.29, 1.82) is 0 Å². The number of likely N-dealkylation sites (tertiary alicyclic amines) is 1. The third-order valence-corrected chi connectivity index (χ3v) is 5.17. The first-order valence-corrected chi connectivity index (χ1v) is 9.61. The molecule has 3 rings (SSSR count). The van der Waals surface area contributed by atoms with Crippen LogP contribution in [0.1, 0.15) is 39.0 Å². The van der Waals surface area contributed by atoms with E-state index >= 15 is 0 Å². The van der Waals surface area contributed by atoms with Gasteiger partial charge in [-0.05, 0) is 37.3 Å². The zero-order chi connectivity index (χ0) is 17.5. The predicted molar refractivity (Wildman–Crippen MR) is 100 cm³/mol. The Morgan fingerprint density at radius 3 is 2.80 bits per heavy atom. The Balaban J connectivity index is 1.52. The Hall–Kier alpha value is -1.82. The van der Waals surface area contributed by atoms with Crippen molar-refractivity contribution < 1.29 is 9.53 Å². The maximum atomic E-state index is 12.5. The molecule has 3 heterocycles. The van der Waals surface area contributed by atoms with Gasteiger partial charge >= 0.3 is 6.03 Å². The smallest absolute Gasteiger partial charge is 0.321 e. The number of nitrogens with one attached hydrogen (secondary N) is 1. The third-order valence-electron chi connectivity index (χ3n) is 5.17. The van der Waals surface area contributed by atoms with Crippen molar-refractivity contribution in [3.8, 4) is 0 Å². The first kappa shape index (κ1) is 18.0. The summed E-state index contributed by atoms with van der Waals surface area (Å²) in [6.07, 6.45) is 7.73. The number of ether oxygens (including phenoxy) is 1. The van der Waals surface area contributed by atoms with E-state index in [2.05, 4.69) is 22.1 Å². The summed E-state index contributed by atoms with van der Waals surface area (Å²) in [6, 6.07) is 3.91. The zero-order valence-electron chi connectivity index (χ0n) is 15.2. The van der Waals surface area contributed by atoms with Crippen LogP contribution in [-0.2, 0) is 4.74 Å². The topological polar surface area (TPSA) is 57.7 Å². The minimum atomic E-state index is -0.00179. The molecule has 1 aromatic rings. The summed E-state index contributed by atoms with van der Waals surface area (Å²) >= 11 is 0. The lowest BCUT2D eigenvalue weighted by Crippen LogP contribution is -2.37. The number of anilines is 2. The predicted octanol–water partition coefficient (Wildman–Crippen LogP) is 3.35. The van der Waals surface area contributed by atoms with Gasteiger partial charge in [0.1, 0.15) is 5.82 Å². The number of morpholine rings is 1. The van der Waals surface area contributed by atoms with E-state index in [-0.39, 0.29) is 6.03 Å². The van der Waals surface area contributed by atoms with Crippen LogP contribution >= 0.6 is 0 Å². The number of carbonyl (C=O) groups is 1. The molecule has 0 bridgehead atoms. The average Bonchev–Trinajstić information content (AvgIpc) is 2.89. The first-order chi connectivity index (χ1) is 12.3. The van der Waals surface area contributed by atoms with Gasteiger partial charge in [0.2, 0.25) is 0 Å². The van der Waals surface area contributed by atoms with E-state index in [1.165, 1.54) is 19.3 Å². The molecule has 1 atom stereocenters. The molecule has 0 spiro atoms. The van der Waals surface area contributed by atoms with Gasteiger partial charge in [-0.15, -0.1) is 0 Å². The molecule has 6 nitrogen and oxygen atoms in total. The van der Waals surface area contributed by atoms with Gasteiger partial charge in [-0.1, -0.05) is 19.8 Å². The number of amides is 2. The fourth-order valence-electron chi connectivity index (χ4n) is 3.71. The molecule has 0 aromatic carbocycles. The summed E-state index contributed by atoms with van der Waals surface area (Å²) < 4.78 is 5.37. The fraction of sp³-hybridized carbons (Fsp3) is 0.684. The Kier molecular flexibility index (Phi) is 6.50. The van der Waals surface area contributed by atoms with Crippen LogP contribution in [0.3, 0.4) is 0 Å². The molecule has 2 saturated heterocycles. The van der Waals surface area contributed by atoms with Gasteiger partial charge in [0.25, 0.3) is 0 Å². The van der Waals surface area contributed by atoms with Crippen LogP contribution < -0.4 is 10.2 Å². The molecule has 2 aliphatic rings. The number of carbonyl (C=O) groups excluding carboxylic acids is 1. The highest BCUT2D eigenvalue weighted by Gasteiger charge is 2.20. The maximum absolute atomic E-state index is 12.5. The lowest BCUT2D eigenvalue weighted by molar-refractivity contribution is 0.122. The van der Waals surface area contributed by atoms with Gasteiger partial charge < -0.3 is 19.9 Å². The number of urea groups is 1. The van der Waals surface area contributed by atoms with Gasteiger partial charge in [0.05, 0.1) is 25.1 Å². The van der Waals surface area contributed by atoms with Crippen molar-refractivity contribution in [2.45, 2.75) is 39.0 Å². The highest BCUT2D eigenvalue weighted by molar-refractivity contribution is 5.89. The number of hydrogen-bond donors (Lipinski definition) is 1. The molecule has 0 unspecified atom stereocenters. The van der Waals surface area contributed by atoms with Gasteiger partial charge in [-0.3, -0.25) is 0 Å². The van der Waals surface area contributed by atoms with E-state index < -0.39 is 0 Å². The lowest BCUT2D eigenvalue weighted by Gasteiger charge is -2.27. The summed E-state index contributed by atoms with van der Waals surface area (Å²) in [5.41, 5.74) is 0.761. The highest BCUT2D eigenvalue weighted by atomic mass is 16.5. The monoisotopic (exact) mass is 346 g/mol. The van der Waals surface area contributed by atoms with E-state index in [1.807, 2.05) is 17.0 Å². The minimum Gasteiger partial charge on any atom is -0.378 e. The van der Waals surface area contributed by atoms with Crippen molar-refractivity contribution in [3.63, 3.8) is 0 Å². The van der Waals surface area contributed by atoms with Gasteiger partial charge in [-0.2, -0.15) is 0 Å². The molecular weight excluding hydrogens is 316 g/mol. The van der Waals surface area contributed by atoms with Crippen molar-refractivity contribution in [2.24, 2.45) is 5.92 Å². The van der Waals surface area contributed by atoms with E-state index in [9.17, 15) is 4.79 Å². The van der Waals surface area contributed by atoms with Gasteiger partial charge in [0.15, 0.2) is 0 Å². The second-order valence-electron chi connectivity index (χ2n) is 7.01. The fourth-order valence-corrected chi connectivity index (χ4v) is 3.71. The highest BCUT2D eigenvalue weighted by Crippen LogP contribution is 2.22. The second kappa shape index (κ2) is 9.04. The van der Waals surface area contributed by atoms with Crippen LogP contribution in [0.15, 0.2) is 18.3 Å². The minimum absolute atomic E-state index is 0.00179. The molecule has 0 radical (unpaired) electrons. The third kappa shape index (κ3) is 5.08. The zero-order valence-corrected chi connectivity index (χ0v) is 15.2. The van der Waals surface area contributed by atoms with Crippen molar-refractivity contribution in [1.82, 2.24) is 9.88 Å². The van der Waals surface area contributed by atoms with E-state index in [0.717, 1.165) is 69.7 Å². The summed E-state index contributed by atoms with van der Waals surface area (Å²) in [4.78, 5) is 21.2. The van der Waals surface area contributed by atoms with Crippen molar-refractivity contribution in [2.75, 3.05) is 49.6 Å². The average molecular weight is 346 g/mol. The van der Waals surface area contributed by atoms with Gasteiger partial charge in [-0.25, -0.2) is 9.78 Å². The van der Waals surface area contributed by atoms with Crippen molar-refractivity contribution >= 4 is 17.5 Å². The van der Waals surface area contributed by atoms with Crippen LogP contribution in [0.2, 0.25) is 0 Å². The van der Waals surface area contributed by atoms with Crippen LogP contribution in [0.4, 0.5) is 16.3 Å². The largest absolute Gasteiger partial charge is 0.378 e. The SMILES string of the molecule is CCC[C@H]1CCCN(C(=O)Nc2ccc(N3CCOCC3)nc2)CC1. The molecule has 0 saturated carbocycles. The van der Waals surface area contributed by atoms with Crippen LogP contribution in [0.5, 0.6) is 0 Å². The normalized spacial score (nSPS) is 21.7. The molecular formula is C19H30N4O2. The van der Waals surface area contributed by atoms with Crippen LogP contribution in [0, 0.1) is 5.92 Å². The second-order valence-corrected chi connectivity index (χ2v) is 7.01. The van der Waals surface area contributed by atoms with Crippen LogP contribution in [-0.4, -0.2) is 55.3 Å². The van der Waals surface area contributed by atoms with E-state index in [0.29, 0.717) is 0 Å². The Morgan fingerprint density at radius 1 is 1.24 bits per heavy atom. The molecule has 2 aliphatic heterocycles. The van der Waals surface area contributed by atoms with E-state index in [4.69, 9.17) is 4.74 Å². The first-order valence-electron chi connectivity index (χ1n) is 9.61. The number of pyridine rings is 1. The Bertz CT molecular complexity index is 543. The number of aromatic nitrogens is 1. The van der Waals surface area contributed by atoms with E-state index in [1.54, 1.807) is 6.20 Å². The molecule has 6 heteroatoms. The summed E-state index contributed by atoms with van der Waals surface area (Å²) in [7, 11) is 0. The summed E-state index contributed by atoms with van der Waals surface area (Å²) in [5, 5.41) is 3.00. The molecule has 1 aromatic heterocycles. The molecule has 25 heavy (non-hydrogen) atoms. The molecule has 1 N–H and O–H groups in total. The lowest BCUT2D eigenvalue weighted by atomic mass is 9.96. The molecule has 2 amide bonds. The molecule has 0 aliphatic carbocycles. The maximum Gasteiger partial charge on any atom is 0.321 e. The van der Waals surface area contributed by atoms with Crippen LogP contribution in [0.25, 0.3) is 0 Å². The summed E-state index contributed by atoms with van der Waals surface area (Å²) in [5.74, 6) is 1.72. The van der Waals surface area contributed by atoms with Crippen molar-refractivity contribution in [3.05, 3.63) is 18.3 Å². The van der Waals surface area contributed by atoms with Gasteiger partial charge in [0, 0.05) is 26.2 Å². The number of hydrogen-bond acceptors (Lipinski definition) is 4. The summed E-state index contributed by atoms with van der Waals surface area (Å²) in [6.45, 7) is 7.17. The molecule has 138 valence electrons. The standard InChI is InChI=1S/C19H30N4O2/c1-2-4-16-5-3-9-23(10-8-16)19(24)21-17-6-7-18(20-15-17)22-11-13-25-14-12-22/h6-7,15-16H,2-5,8-14H2,1H3,(H,21,24)/t16-/m0/s1. The number of nitrogens with zero attached hydrogens (tertiary/aromatic N) is 3. The Morgan fingerprint density at radius 2 is 2.08 bits per heavy atom. The Labute approximate surface area is 150 Å².